The van der Waals surface area contributed by atoms with Gasteiger partial charge in [-0.05, 0) is 23.6 Å². The molecule has 0 aliphatic heterocycles. The number of aromatic nitrogens is 1. The fourth-order valence-corrected chi connectivity index (χ4v) is 3.62. The van der Waals surface area contributed by atoms with Gasteiger partial charge in [0.15, 0.2) is 0 Å². The Labute approximate surface area is 129 Å². The molecule has 0 radical (unpaired) electrons. The molecule has 4 nitrogen and oxygen atoms in total. The summed E-state index contributed by atoms with van der Waals surface area (Å²) < 4.78 is 5.20. The highest BCUT2D eigenvalue weighted by Crippen LogP contribution is 2.36. The second-order valence-corrected chi connectivity index (χ2v) is 6.16. The van der Waals surface area contributed by atoms with Crippen molar-refractivity contribution in [3.63, 3.8) is 0 Å². The molecule has 0 aliphatic rings. The van der Waals surface area contributed by atoms with Crippen LogP contribution < -0.4 is 4.74 Å². The van der Waals surface area contributed by atoms with Crippen LogP contribution in [0.1, 0.15) is 9.67 Å². The number of carbonyl (C=O) groups is 1. The van der Waals surface area contributed by atoms with Crippen LogP contribution >= 0.6 is 22.7 Å². The molecule has 0 aliphatic carbocycles. The van der Waals surface area contributed by atoms with E-state index in [0.717, 1.165) is 16.2 Å². The highest BCUT2D eigenvalue weighted by molar-refractivity contribution is 7.18. The summed E-state index contributed by atoms with van der Waals surface area (Å²) >= 11 is 2.66. The molecular weight excluding hydrogens is 306 g/mol. The molecule has 0 atom stereocenters. The van der Waals surface area contributed by atoms with Gasteiger partial charge in [0.1, 0.15) is 21.3 Å². The standard InChI is InChI=1S/C15H11NO3S2/c1-19-10-5-2-4-9(8-10)14-16-12(11-6-3-7-20-11)13(21-14)15(17)18/h2-8H,1H3,(H,17,18). The molecule has 1 N–H and O–H groups in total. The number of thiophene rings is 1. The molecule has 3 rings (SSSR count). The lowest BCUT2D eigenvalue weighted by atomic mass is 10.2. The fourth-order valence-electron chi connectivity index (χ4n) is 1.92. The first-order valence-electron chi connectivity index (χ1n) is 6.11. The van der Waals surface area contributed by atoms with E-state index in [-0.39, 0.29) is 4.88 Å². The van der Waals surface area contributed by atoms with E-state index in [2.05, 4.69) is 4.98 Å². The highest BCUT2D eigenvalue weighted by Gasteiger charge is 2.20. The van der Waals surface area contributed by atoms with Gasteiger partial charge in [-0.25, -0.2) is 9.78 Å². The number of aromatic carboxylic acids is 1. The van der Waals surface area contributed by atoms with Gasteiger partial charge >= 0.3 is 5.97 Å². The number of carboxylic acids is 1. The summed E-state index contributed by atoms with van der Waals surface area (Å²) in [6.45, 7) is 0. The Bertz CT molecular complexity index is 778. The molecule has 6 heteroatoms. The van der Waals surface area contributed by atoms with Crippen molar-refractivity contribution < 1.29 is 14.6 Å². The second-order valence-electron chi connectivity index (χ2n) is 4.21. The normalized spacial score (nSPS) is 10.5. The van der Waals surface area contributed by atoms with E-state index in [0.29, 0.717) is 10.7 Å². The van der Waals surface area contributed by atoms with Crippen molar-refractivity contribution in [3.05, 3.63) is 46.7 Å². The predicted octanol–water partition coefficient (Wildman–Crippen LogP) is 4.25. The zero-order chi connectivity index (χ0) is 14.8. The summed E-state index contributed by atoms with van der Waals surface area (Å²) in [6.07, 6.45) is 0. The molecule has 0 saturated carbocycles. The number of hydrogen-bond donors (Lipinski definition) is 1. The zero-order valence-electron chi connectivity index (χ0n) is 11.1. The first-order chi connectivity index (χ1) is 10.2. The third-order valence-electron chi connectivity index (χ3n) is 2.89. The minimum atomic E-state index is -0.954. The lowest BCUT2D eigenvalue weighted by Gasteiger charge is -2.00. The molecule has 0 unspecified atom stereocenters. The van der Waals surface area contributed by atoms with Gasteiger partial charge < -0.3 is 9.84 Å². The molecule has 0 fully saturated rings. The van der Waals surface area contributed by atoms with Crippen LogP contribution in [0.4, 0.5) is 0 Å². The maximum atomic E-state index is 11.4. The second kappa shape index (κ2) is 5.67. The molecular formula is C15H11NO3S2. The summed E-state index contributed by atoms with van der Waals surface area (Å²) in [5.74, 6) is -0.234. The van der Waals surface area contributed by atoms with Crippen molar-refractivity contribution in [3.8, 4) is 26.9 Å². The lowest BCUT2D eigenvalue weighted by Crippen LogP contribution is -1.94. The zero-order valence-corrected chi connectivity index (χ0v) is 12.7. The number of carboxylic acid groups (broad SMARTS) is 1. The van der Waals surface area contributed by atoms with Crippen LogP contribution in [0.3, 0.4) is 0 Å². The molecule has 1 aromatic carbocycles. The number of rotatable bonds is 4. The molecule has 0 spiro atoms. The van der Waals surface area contributed by atoms with E-state index >= 15 is 0 Å². The Morgan fingerprint density at radius 3 is 2.81 bits per heavy atom. The molecule has 0 bridgehead atoms. The fraction of sp³-hybridized carbons (Fsp3) is 0.0667. The molecule has 21 heavy (non-hydrogen) atoms. The van der Waals surface area contributed by atoms with Crippen molar-refractivity contribution in [1.82, 2.24) is 4.98 Å². The summed E-state index contributed by atoms with van der Waals surface area (Å²) in [5.41, 5.74) is 1.38. The third-order valence-corrected chi connectivity index (χ3v) is 4.86. The Hall–Kier alpha value is -2.18. The Morgan fingerprint density at radius 2 is 2.14 bits per heavy atom. The van der Waals surface area contributed by atoms with Gasteiger partial charge in [0, 0.05) is 5.56 Å². The smallest absolute Gasteiger partial charge is 0.348 e. The van der Waals surface area contributed by atoms with Crippen molar-refractivity contribution in [2.45, 2.75) is 0 Å². The number of hydrogen-bond acceptors (Lipinski definition) is 5. The van der Waals surface area contributed by atoms with Crippen LogP contribution in [0.2, 0.25) is 0 Å². The van der Waals surface area contributed by atoms with Gasteiger partial charge in [-0.15, -0.1) is 22.7 Å². The lowest BCUT2D eigenvalue weighted by molar-refractivity contribution is 0.0703. The number of nitrogens with zero attached hydrogens (tertiary/aromatic N) is 1. The van der Waals surface area contributed by atoms with Crippen LogP contribution in [0.5, 0.6) is 5.75 Å². The van der Waals surface area contributed by atoms with Crippen LogP contribution in [-0.4, -0.2) is 23.2 Å². The molecule has 106 valence electrons. The van der Waals surface area contributed by atoms with Gasteiger partial charge in [-0.1, -0.05) is 18.2 Å². The Kier molecular flexibility index (Phi) is 3.72. The van der Waals surface area contributed by atoms with Gasteiger partial charge in [-0.3, -0.25) is 0 Å². The Morgan fingerprint density at radius 1 is 1.29 bits per heavy atom. The van der Waals surface area contributed by atoms with E-state index in [1.165, 1.54) is 22.7 Å². The summed E-state index contributed by atoms with van der Waals surface area (Å²) in [7, 11) is 1.60. The van der Waals surface area contributed by atoms with Crippen molar-refractivity contribution in [2.75, 3.05) is 7.11 Å². The first kappa shape index (κ1) is 13.8. The van der Waals surface area contributed by atoms with Gasteiger partial charge in [0.25, 0.3) is 0 Å². The van der Waals surface area contributed by atoms with Crippen LogP contribution in [0.25, 0.3) is 21.1 Å². The van der Waals surface area contributed by atoms with Gasteiger partial charge in [-0.2, -0.15) is 0 Å². The van der Waals surface area contributed by atoms with Gasteiger partial charge in [0.2, 0.25) is 0 Å². The maximum Gasteiger partial charge on any atom is 0.348 e. The Balaban J connectivity index is 2.12. The molecule has 0 amide bonds. The van der Waals surface area contributed by atoms with Gasteiger partial charge in [0.05, 0.1) is 12.0 Å². The molecule has 2 heterocycles. The summed E-state index contributed by atoms with van der Waals surface area (Å²) in [6, 6.07) is 11.2. The van der Waals surface area contributed by atoms with Crippen molar-refractivity contribution in [2.24, 2.45) is 0 Å². The van der Waals surface area contributed by atoms with E-state index in [1.54, 1.807) is 7.11 Å². The van der Waals surface area contributed by atoms with Crippen LogP contribution in [0, 0.1) is 0 Å². The van der Waals surface area contributed by atoms with E-state index in [1.807, 2.05) is 41.8 Å². The number of benzene rings is 1. The van der Waals surface area contributed by atoms with Crippen molar-refractivity contribution in [1.29, 1.82) is 0 Å². The minimum absolute atomic E-state index is 0.260. The first-order valence-corrected chi connectivity index (χ1v) is 7.81. The van der Waals surface area contributed by atoms with Crippen molar-refractivity contribution >= 4 is 28.6 Å². The SMILES string of the molecule is COc1cccc(-c2nc(-c3cccs3)c(C(=O)O)s2)c1. The largest absolute Gasteiger partial charge is 0.497 e. The monoisotopic (exact) mass is 317 g/mol. The van der Waals surface area contributed by atoms with E-state index < -0.39 is 5.97 Å². The quantitative estimate of drug-likeness (QED) is 0.781. The maximum absolute atomic E-state index is 11.4. The van der Waals surface area contributed by atoms with E-state index in [4.69, 9.17) is 4.74 Å². The van der Waals surface area contributed by atoms with Crippen LogP contribution in [-0.2, 0) is 0 Å². The topological polar surface area (TPSA) is 59.4 Å². The number of methoxy groups -OCH3 is 1. The highest BCUT2D eigenvalue weighted by atomic mass is 32.1. The number of ether oxygens (including phenoxy) is 1. The molecule has 2 aromatic heterocycles. The average Bonchev–Trinajstić information content (AvgIpc) is 3.16. The third kappa shape index (κ3) is 2.68. The van der Waals surface area contributed by atoms with Crippen LogP contribution in [0.15, 0.2) is 41.8 Å². The minimum Gasteiger partial charge on any atom is -0.497 e. The molecule has 3 aromatic rings. The average molecular weight is 317 g/mol. The molecule has 0 saturated heterocycles. The summed E-state index contributed by atoms with van der Waals surface area (Å²) in [4.78, 5) is 17.1. The number of thiazole rings is 1. The summed E-state index contributed by atoms with van der Waals surface area (Å²) in [5, 5.41) is 12.0. The van der Waals surface area contributed by atoms with E-state index in [9.17, 15) is 9.90 Å². The predicted molar refractivity (Wildman–Crippen MR) is 84.4 cm³/mol.